The van der Waals surface area contributed by atoms with E-state index in [4.69, 9.17) is 9.47 Å². The number of carbonyl (C=O) groups is 2. The fraction of sp³-hybridized carbons (Fsp3) is 0.579. The predicted octanol–water partition coefficient (Wildman–Crippen LogP) is 3.07. The first-order chi connectivity index (χ1) is 12.0. The summed E-state index contributed by atoms with van der Waals surface area (Å²) in [4.78, 5) is 26.5. The quantitative estimate of drug-likeness (QED) is 0.767. The molecule has 1 aliphatic rings. The van der Waals surface area contributed by atoms with Gasteiger partial charge >= 0.3 is 5.97 Å². The number of rotatable bonds is 7. The second-order valence-corrected chi connectivity index (χ2v) is 6.53. The van der Waals surface area contributed by atoms with E-state index in [0.29, 0.717) is 43.4 Å². The Bertz CT molecular complexity index is 595. The summed E-state index contributed by atoms with van der Waals surface area (Å²) in [6.07, 6.45) is 1.29. The van der Waals surface area contributed by atoms with Gasteiger partial charge in [0, 0.05) is 19.5 Å². The molecule has 0 atom stereocenters. The second-order valence-electron chi connectivity index (χ2n) is 6.53. The Balaban J connectivity index is 2.21. The number of hydrogen-bond acceptors (Lipinski definition) is 5. The average molecular weight is 348 g/mol. The standard InChI is InChI=1S/C19H28N2O4/c1-4-25-19(23)15-6-7-17(21-9-11-24-12-10-21)16(13-15)20-18(22)8-5-14(2)3/h6-7,13-14H,4-5,8-12H2,1-3H3,(H,20,22). The van der Waals surface area contributed by atoms with Gasteiger partial charge in [0.25, 0.3) is 0 Å². The molecule has 1 amide bonds. The number of amides is 1. The molecule has 0 radical (unpaired) electrons. The van der Waals surface area contributed by atoms with Crippen LogP contribution in [-0.4, -0.2) is 44.8 Å². The summed E-state index contributed by atoms with van der Waals surface area (Å²) >= 11 is 0. The van der Waals surface area contributed by atoms with Gasteiger partial charge in [-0.15, -0.1) is 0 Å². The lowest BCUT2D eigenvalue weighted by Crippen LogP contribution is -2.36. The third kappa shape index (κ3) is 5.74. The number of ether oxygens (including phenoxy) is 2. The molecule has 1 heterocycles. The Labute approximate surface area is 149 Å². The molecule has 0 unspecified atom stereocenters. The van der Waals surface area contributed by atoms with Gasteiger partial charge in [-0.1, -0.05) is 13.8 Å². The van der Waals surface area contributed by atoms with Gasteiger partial charge in [0.2, 0.25) is 5.91 Å². The van der Waals surface area contributed by atoms with Crippen LogP contribution in [-0.2, 0) is 14.3 Å². The highest BCUT2D eigenvalue weighted by atomic mass is 16.5. The molecule has 1 aromatic rings. The molecule has 1 saturated heterocycles. The summed E-state index contributed by atoms with van der Waals surface area (Å²) in [5, 5.41) is 2.97. The monoisotopic (exact) mass is 348 g/mol. The summed E-state index contributed by atoms with van der Waals surface area (Å²) in [7, 11) is 0. The van der Waals surface area contributed by atoms with Crippen molar-refractivity contribution in [3.05, 3.63) is 23.8 Å². The van der Waals surface area contributed by atoms with Gasteiger partial charge in [-0.3, -0.25) is 4.79 Å². The van der Waals surface area contributed by atoms with Crippen LogP contribution in [0.4, 0.5) is 11.4 Å². The summed E-state index contributed by atoms with van der Waals surface area (Å²) in [5.74, 6) is 0.0493. The highest BCUT2D eigenvalue weighted by Crippen LogP contribution is 2.29. The van der Waals surface area contributed by atoms with E-state index in [-0.39, 0.29) is 11.9 Å². The van der Waals surface area contributed by atoms with Crippen molar-refractivity contribution in [1.82, 2.24) is 0 Å². The average Bonchev–Trinajstić information content (AvgIpc) is 2.61. The third-order valence-electron chi connectivity index (χ3n) is 4.08. The lowest BCUT2D eigenvalue weighted by atomic mass is 10.1. The first kappa shape index (κ1) is 19.2. The molecule has 0 spiro atoms. The number of anilines is 2. The van der Waals surface area contributed by atoms with E-state index in [9.17, 15) is 9.59 Å². The molecular weight excluding hydrogens is 320 g/mol. The van der Waals surface area contributed by atoms with Crippen LogP contribution in [0.3, 0.4) is 0 Å². The van der Waals surface area contributed by atoms with Crippen LogP contribution in [0.25, 0.3) is 0 Å². The van der Waals surface area contributed by atoms with Crippen molar-refractivity contribution in [3.63, 3.8) is 0 Å². The van der Waals surface area contributed by atoms with Crippen molar-refractivity contribution < 1.29 is 19.1 Å². The smallest absolute Gasteiger partial charge is 0.338 e. The van der Waals surface area contributed by atoms with Crippen molar-refractivity contribution in [2.75, 3.05) is 43.1 Å². The normalized spacial score (nSPS) is 14.5. The number of hydrogen-bond donors (Lipinski definition) is 1. The van der Waals surface area contributed by atoms with E-state index in [0.717, 1.165) is 25.2 Å². The van der Waals surface area contributed by atoms with E-state index < -0.39 is 0 Å². The van der Waals surface area contributed by atoms with Gasteiger partial charge in [0.05, 0.1) is 36.8 Å². The number of carbonyl (C=O) groups excluding carboxylic acids is 2. The molecule has 6 heteroatoms. The Morgan fingerprint density at radius 1 is 1.28 bits per heavy atom. The predicted molar refractivity (Wildman–Crippen MR) is 98.1 cm³/mol. The van der Waals surface area contributed by atoms with Crippen molar-refractivity contribution >= 4 is 23.3 Å². The van der Waals surface area contributed by atoms with Gasteiger partial charge in [0.15, 0.2) is 0 Å². The minimum atomic E-state index is -0.381. The van der Waals surface area contributed by atoms with E-state index >= 15 is 0 Å². The van der Waals surface area contributed by atoms with Crippen LogP contribution in [0, 0.1) is 5.92 Å². The van der Waals surface area contributed by atoms with Gasteiger partial charge in [0.1, 0.15) is 0 Å². The van der Waals surface area contributed by atoms with Crippen molar-refractivity contribution in [2.24, 2.45) is 5.92 Å². The van der Waals surface area contributed by atoms with Gasteiger partial charge in [-0.25, -0.2) is 4.79 Å². The van der Waals surface area contributed by atoms with Crippen molar-refractivity contribution in [3.8, 4) is 0 Å². The fourth-order valence-corrected chi connectivity index (χ4v) is 2.69. The van der Waals surface area contributed by atoms with E-state index in [2.05, 4.69) is 24.1 Å². The highest BCUT2D eigenvalue weighted by Gasteiger charge is 2.18. The van der Waals surface area contributed by atoms with Gasteiger partial charge in [-0.2, -0.15) is 0 Å². The van der Waals surface area contributed by atoms with Crippen LogP contribution >= 0.6 is 0 Å². The van der Waals surface area contributed by atoms with E-state index in [1.165, 1.54) is 0 Å². The molecule has 1 aliphatic heterocycles. The van der Waals surface area contributed by atoms with Crippen LogP contribution in [0.2, 0.25) is 0 Å². The fourth-order valence-electron chi connectivity index (χ4n) is 2.69. The zero-order chi connectivity index (χ0) is 18.2. The molecule has 1 fully saturated rings. The molecule has 25 heavy (non-hydrogen) atoms. The van der Waals surface area contributed by atoms with Crippen LogP contribution in [0.1, 0.15) is 44.0 Å². The molecule has 0 aromatic heterocycles. The van der Waals surface area contributed by atoms with Crippen LogP contribution < -0.4 is 10.2 Å². The molecule has 2 rings (SSSR count). The van der Waals surface area contributed by atoms with Crippen LogP contribution in [0.15, 0.2) is 18.2 Å². The summed E-state index contributed by atoms with van der Waals surface area (Å²) in [5.41, 5.74) is 2.01. The van der Waals surface area contributed by atoms with Gasteiger partial charge < -0.3 is 19.7 Å². The Morgan fingerprint density at radius 3 is 2.64 bits per heavy atom. The van der Waals surface area contributed by atoms with Crippen LogP contribution in [0.5, 0.6) is 0 Å². The minimum absolute atomic E-state index is 0.0378. The number of benzene rings is 1. The number of nitrogens with one attached hydrogen (secondary N) is 1. The zero-order valence-electron chi connectivity index (χ0n) is 15.3. The summed E-state index contributed by atoms with van der Waals surface area (Å²) in [6, 6.07) is 5.32. The minimum Gasteiger partial charge on any atom is -0.462 e. The maximum atomic E-state index is 12.3. The molecule has 0 bridgehead atoms. The molecular formula is C19H28N2O4. The topological polar surface area (TPSA) is 67.9 Å². The summed E-state index contributed by atoms with van der Waals surface area (Å²) < 4.78 is 10.5. The largest absolute Gasteiger partial charge is 0.462 e. The summed E-state index contributed by atoms with van der Waals surface area (Å²) in [6.45, 7) is 9.10. The first-order valence-corrected chi connectivity index (χ1v) is 8.95. The van der Waals surface area contributed by atoms with Gasteiger partial charge in [-0.05, 0) is 37.5 Å². The Morgan fingerprint density at radius 2 is 2.00 bits per heavy atom. The highest BCUT2D eigenvalue weighted by molar-refractivity contribution is 5.98. The molecule has 0 saturated carbocycles. The third-order valence-corrected chi connectivity index (χ3v) is 4.08. The second kappa shape index (κ2) is 9.42. The maximum absolute atomic E-state index is 12.3. The van der Waals surface area contributed by atoms with E-state index in [1.807, 2.05) is 6.07 Å². The van der Waals surface area contributed by atoms with Crippen molar-refractivity contribution in [2.45, 2.75) is 33.6 Å². The maximum Gasteiger partial charge on any atom is 0.338 e. The van der Waals surface area contributed by atoms with E-state index in [1.54, 1.807) is 19.1 Å². The molecule has 0 aliphatic carbocycles. The first-order valence-electron chi connectivity index (χ1n) is 8.95. The molecule has 138 valence electrons. The Kier molecular flexibility index (Phi) is 7.25. The zero-order valence-corrected chi connectivity index (χ0v) is 15.3. The molecule has 1 aromatic carbocycles. The molecule has 1 N–H and O–H groups in total. The Hall–Kier alpha value is -2.08. The van der Waals surface area contributed by atoms with Crippen molar-refractivity contribution in [1.29, 1.82) is 0 Å². The number of nitrogens with zero attached hydrogens (tertiary/aromatic N) is 1. The molecule has 6 nitrogen and oxygen atoms in total. The number of morpholine rings is 1. The number of esters is 1. The lowest BCUT2D eigenvalue weighted by molar-refractivity contribution is -0.116. The SMILES string of the molecule is CCOC(=O)c1ccc(N2CCOCC2)c(NC(=O)CCC(C)C)c1. The lowest BCUT2D eigenvalue weighted by Gasteiger charge is -2.30.